The molecule has 5 heteroatoms. The number of hydrogen-bond donors (Lipinski definition) is 0. The highest BCUT2D eigenvalue weighted by Gasteiger charge is 2.08. The first-order valence-corrected chi connectivity index (χ1v) is 6.64. The van der Waals surface area contributed by atoms with Gasteiger partial charge in [0, 0.05) is 16.5 Å². The lowest BCUT2D eigenvalue weighted by Crippen LogP contribution is -2.05. The van der Waals surface area contributed by atoms with Gasteiger partial charge in [0.2, 0.25) is 4.69 Å². The summed E-state index contributed by atoms with van der Waals surface area (Å²) in [4.78, 5) is 22.3. The van der Waals surface area contributed by atoms with Crippen molar-refractivity contribution in [2.75, 3.05) is 12.4 Å². The quantitative estimate of drug-likeness (QED) is 0.358. The minimum atomic E-state index is -0.373. The molecule has 0 radical (unpaired) electrons. The monoisotopic (exact) mass is 360 g/mol. The van der Waals surface area contributed by atoms with E-state index >= 15 is 0 Å². The van der Waals surface area contributed by atoms with Gasteiger partial charge in [-0.1, -0.05) is 28.1 Å². The number of benzene rings is 1. The van der Waals surface area contributed by atoms with Crippen LogP contribution in [0.5, 0.6) is 0 Å². The Kier molecular flexibility index (Phi) is 5.58. The lowest BCUT2D eigenvalue weighted by atomic mass is 10.1. The van der Waals surface area contributed by atoms with Gasteiger partial charge in [-0.2, -0.15) is 0 Å². The molecule has 0 atom stereocenters. The van der Waals surface area contributed by atoms with Gasteiger partial charge < -0.3 is 4.74 Å². The van der Waals surface area contributed by atoms with E-state index in [1.807, 2.05) is 0 Å². The summed E-state index contributed by atoms with van der Waals surface area (Å²) < 4.78 is 4.47. The van der Waals surface area contributed by atoms with E-state index < -0.39 is 0 Å². The summed E-state index contributed by atoms with van der Waals surface area (Å²) in [5, 5.41) is 0.415. The van der Waals surface area contributed by atoms with Gasteiger partial charge in [0.05, 0.1) is 7.11 Å². The lowest BCUT2D eigenvalue weighted by Gasteiger charge is -2.02. The molecule has 0 heterocycles. The van der Waals surface area contributed by atoms with Crippen molar-refractivity contribution in [2.24, 2.45) is 0 Å². The second-order valence-electron chi connectivity index (χ2n) is 3.19. The molecular formula is C12H10Br2O3. The molecule has 0 saturated carbocycles. The van der Waals surface area contributed by atoms with Crippen LogP contribution in [0.2, 0.25) is 0 Å². The van der Waals surface area contributed by atoms with Crippen molar-refractivity contribution in [1.29, 1.82) is 0 Å². The maximum absolute atomic E-state index is 11.3. The minimum Gasteiger partial charge on any atom is -0.466 e. The summed E-state index contributed by atoms with van der Waals surface area (Å²) in [5.41, 5.74) is 1.92. The Balaban J connectivity index is 2.97. The highest BCUT2D eigenvalue weighted by atomic mass is 79.9. The zero-order valence-corrected chi connectivity index (χ0v) is 12.2. The molecule has 0 fully saturated rings. The predicted octanol–water partition coefficient (Wildman–Crippen LogP) is 3.17. The molecule has 0 spiro atoms. The van der Waals surface area contributed by atoms with Crippen LogP contribution >= 0.6 is 31.9 Å². The molecule has 0 saturated heterocycles. The van der Waals surface area contributed by atoms with Crippen LogP contribution in [0.1, 0.15) is 15.9 Å². The third-order valence-corrected chi connectivity index (χ3v) is 3.13. The van der Waals surface area contributed by atoms with Crippen molar-refractivity contribution in [2.45, 2.75) is 0 Å². The van der Waals surface area contributed by atoms with Crippen molar-refractivity contribution in [3.63, 3.8) is 0 Å². The molecule has 3 nitrogen and oxygen atoms in total. The van der Waals surface area contributed by atoms with Gasteiger partial charge in [-0.05, 0) is 39.7 Å². The van der Waals surface area contributed by atoms with E-state index in [1.54, 1.807) is 30.3 Å². The third kappa shape index (κ3) is 4.09. The summed E-state index contributed by atoms with van der Waals surface area (Å²) in [5.74, 6) is -0.373. The van der Waals surface area contributed by atoms with E-state index in [1.165, 1.54) is 7.11 Å². The van der Waals surface area contributed by atoms with Crippen molar-refractivity contribution in [3.05, 3.63) is 41.0 Å². The van der Waals surface area contributed by atoms with E-state index in [0.29, 0.717) is 16.5 Å². The van der Waals surface area contributed by atoms with E-state index in [9.17, 15) is 9.59 Å². The van der Waals surface area contributed by atoms with Gasteiger partial charge in [0.25, 0.3) is 0 Å². The highest BCUT2D eigenvalue weighted by Crippen LogP contribution is 2.13. The number of rotatable bonds is 4. The molecule has 0 amide bonds. The highest BCUT2D eigenvalue weighted by molar-refractivity contribution is 9.18. The van der Waals surface area contributed by atoms with Crippen molar-refractivity contribution in [3.8, 4) is 0 Å². The van der Waals surface area contributed by atoms with Crippen LogP contribution in [0.4, 0.5) is 0 Å². The molecule has 0 aliphatic heterocycles. The fraction of sp³-hybridized carbons (Fsp3) is 0.167. The van der Waals surface area contributed by atoms with Crippen molar-refractivity contribution in [1.82, 2.24) is 0 Å². The number of esters is 1. The second kappa shape index (κ2) is 6.71. The maximum atomic E-state index is 11.3. The Bertz CT molecular complexity index is 449. The summed E-state index contributed by atoms with van der Waals surface area (Å²) in [7, 11) is 1.34. The fourth-order valence-electron chi connectivity index (χ4n) is 1.19. The largest absolute Gasteiger partial charge is 0.466 e. The van der Waals surface area contributed by atoms with Gasteiger partial charge >= 0.3 is 5.97 Å². The maximum Gasteiger partial charge on any atom is 0.334 e. The zero-order valence-electron chi connectivity index (χ0n) is 9.07. The third-order valence-electron chi connectivity index (χ3n) is 2.07. The Hall–Kier alpha value is -0.940. The van der Waals surface area contributed by atoms with Crippen LogP contribution in [0.15, 0.2) is 29.8 Å². The molecule has 0 aromatic heterocycles. The van der Waals surface area contributed by atoms with Crippen LogP contribution in [0.3, 0.4) is 0 Å². The average Bonchev–Trinajstić information content (AvgIpc) is 2.35. The number of carbonyl (C=O) groups is 2. The number of alkyl halides is 1. The molecule has 90 valence electrons. The number of halogens is 2. The Labute approximate surface area is 116 Å². The molecule has 0 unspecified atom stereocenters. The number of carbonyl (C=O) groups excluding carboxylic acids is 2. The smallest absolute Gasteiger partial charge is 0.334 e. The van der Waals surface area contributed by atoms with Crippen LogP contribution in [-0.4, -0.2) is 23.1 Å². The van der Waals surface area contributed by atoms with Gasteiger partial charge in [0.1, 0.15) is 0 Å². The first-order valence-electron chi connectivity index (χ1n) is 4.73. The summed E-state index contributed by atoms with van der Waals surface area (Å²) in [6, 6.07) is 6.90. The van der Waals surface area contributed by atoms with Gasteiger partial charge in [-0.3, -0.25) is 4.79 Å². The van der Waals surface area contributed by atoms with E-state index in [-0.39, 0.29) is 10.7 Å². The Morgan fingerprint density at radius 1 is 1.29 bits per heavy atom. The van der Waals surface area contributed by atoms with Crippen LogP contribution < -0.4 is 0 Å². The van der Waals surface area contributed by atoms with Gasteiger partial charge in [-0.25, -0.2) is 4.79 Å². The molecule has 1 rings (SSSR count). The average molecular weight is 362 g/mol. The van der Waals surface area contributed by atoms with E-state index in [0.717, 1.165) is 5.56 Å². The van der Waals surface area contributed by atoms with Crippen LogP contribution in [0, 0.1) is 0 Å². The normalized spacial score (nSPS) is 11.1. The Morgan fingerprint density at radius 2 is 1.88 bits per heavy atom. The number of ether oxygens (including phenoxy) is 1. The van der Waals surface area contributed by atoms with E-state index in [2.05, 4.69) is 36.6 Å². The molecule has 0 aliphatic rings. The summed E-state index contributed by atoms with van der Waals surface area (Å²) in [6.45, 7) is 0. The van der Waals surface area contributed by atoms with Crippen LogP contribution in [-0.2, 0) is 9.53 Å². The topological polar surface area (TPSA) is 43.4 Å². The van der Waals surface area contributed by atoms with Crippen LogP contribution in [0.25, 0.3) is 6.08 Å². The molecule has 0 aliphatic carbocycles. The first kappa shape index (κ1) is 14.1. The molecule has 1 aromatic carbocycles. The van der Waals surface area contributed by atoms with E-state index in [4.69, 9.17) is 0 Å². The first-order chi connectivity index (χ1) is 8.08. The summed E-state index contributed by atoms with van der Waals surface area (Å²) >= 11 is 6.09. The Morgan fingerprint density at radius 3 is 2.29 bits per heavy atom. The fourth-order valence-corrected chi connectivity index (χ4v) is 1.85. The second-order valence-corrected chi connectivity index (χ2v) is 4.47. The lowest BCUT2D eigenvalue weighted by molar-refractivity contribution is -0.135. The number of hydrogen-bond acceptors (Lipinski definition) is 3. The molecule has 17 heavy (non-hydrogen) atoms. The standard InChI is InChI=1S/C12H10Br2O3/c1-17-12(16)10(7-13)6-8-2-4-9(5-3-8)11(14)15/h2-6H,7H2,1H3. The molecular weight excluding hydrogens is 352 g/mol. The molecule has 1 aromatic rings. The zero-order chi connectivity index (χ0) is 12.8. The van der Waals surface area contributed by atoms with Gasteiger partial charge in [-0.15, -0.1) is 0 Å². The molecule has 0 N–H and O–H groups in total. The predicted molar refractivity (Wildman–Crippen MR) is 73.5 cm³/mol. The van der Waals surface area contributed by atoms with Crippen molar-refractivity contribution < 1.29 is 14.3 Å². The number of methoxy groups -OCH3 is 1. The SMILES string of the molecule is COC(=O)C(=Cc1ccc(C(=O)Br)cc1)CBr. The van der Waals surface area contributed by atoms with Crippen molar-refractivity contribution >= 4 is 48.6 Å². The van der Waals surface area contributed by atoms with Gasteiger partial charge in [0.15, 0.2) is 0 Å². The molecule has 0 bridgehead atoms. The minimum absolute atomic E-state index is 0.165. The summed E-state index contributed by atoms with van der Waals surface area (Å²) in [6.07, 6.45) is 1.71.